The van der Waals surface area contributed by atoms with Gasteiger partial charge in [0.15, 0.2) is 0 Å². The Balaban J connectivity index is 1.79. The van der Waals surface area contributed by atoms with Crippen molar-refractivity contribution < 1.29 is 5.11 Å². The molecule has 0 spiro atoms. The molecule has 2 fully saturated rings. The molecule has 1 unspecified atom stereocenters. The van der Waals surface area contributed by atoms with Crippen LogP contribution in [-0.4, -0.2) is 35.1 Å². The van der Waals surface area contributed by atoms with Gasteiger partial charge in [-0.25, -0.2) is 0 Å². The van der Waals surface area contributed by atoms with Crippen molar-refractivity contribution in [1.29, 1.82) is 0 Å². The molecule has 1 aromatic carbocycles. The summed E-state index contributed by atoms with van der Waals surface area (Å²) in [6.45, 7) is 8.41. The minimum Gasteiger partial charge on any atom is -0.380 e. The molecule has 1 saturated carbocycles. The smallest absolute Gasteiger partial charge is 0.122 e. The number of aromatic nitrogens is 1. The van der Waals surface area contributed by atoms with E-state index in [-0.39, 0.29) is 5.41 Å². The quantitative estimate of drug-likeness (QED) is 0.791. The second-order valence-corrected chi connectivity index (χ2v) is 9.67. The van der Waals surface area contributed by atoms with Crippen molar-refractivity contribution in [2.45, 2.75) is 63.9 Å². The Hall–Kier alpha value is -1.71. The number of hydrogen-bond donors (Lipinski definition) is 1. The zero-order valence-electron chi connectivity index (χ0n) is 17.8. The lowest BCUT2D eigenvalue weighted by atomic mass is 9.62. The van der Waals surface area contributed by atoms with Gasteiger partial charge in [0.25, 0.3) is 0 Å². The van der Waals surface area contributed by atoms with E-state index in [4.69, 9.17) is 0 Å². The predicted molar refractivity (Wildman–Crippen MR) is 115 cm³/mol. The highest BCUT2D eigenvalue weighted by molar-refractivity contribution is 5.42. The van der Waals surface area contributed by atoms with E-state index < -0.39 is 5.60 Å². The molecule has 2 heterocycles. The monoisotopic (exact) mass is 378 g/mol. The average Bonchev–Trinajstić information content (AvgIpc) is 3.21. The lowest BCUT2D eigenvalue weighted by Crippen LogP contribution is -2.63. The summed E-state index contributed by atoms with van der Waals surface area (Å²) < 4.78 is 0. The average molecular weight is 379 g/mol. The molecule has 1 aliphatic heterocycles. The summed E-state index contributed by atoms with van der Waals surface area (Å²) in [7, 11) is 2.13. The second kappa shape index (κ2) is 7.27. The van der Waals surface area contributed by atoms with Crippen molar-refractivity contribution in [2.75, 3.05) is 20.1 Å². The van der Waals surface area contributed by atoms with Crippen molar-refractivity contribution in [3.8, 4) is 0 Å². The van der Waals surface area contributed by atoms with Gasteiger partial charge in [-0.3, -0.25) is 4.98 Å². The van der Waals surface area contributed by atoms with E-state index in [0.717, 1.165) is 29.9 Å². The SMILES string of the molecule is CC(C)c1ccc(C(O)(c2ccnc(C3CCCC3)c2)C2(C)CN(C)C2)cc1. The van der Waals surface area contributed by atoms with Crippen LogP contribution in [0.4, 0.5) is 0 Å². The Morgan fingerprint density at radius 1 is 1.07 bits per heavy atom. The van der Waals surface area contributed by atoms with E-state index in [1.54, 1.807) is 0 Å². The highest BCUT2D eigenvalue weighted by atomic mass is 16.3. The van der Waals surface area contributed by atoms with E-state index in [1.165, 1.54) is 31.2 Å². The molecule has 2 aliphatic rings. The summed E-state index contributed by atoms with van der Waals surface area (Å²) in [5.41, 5.74) is 3.24. The summed E-state index contributed by atoms with van der Waals surface area (Å²) >= 11 is 0. The minimum absolute atomic E-state index is 0.213. The molecule has 3 heteroatoms. The van der Waals surface area contributed by atoms with Crippen LogP contribution in [0.1, 0.15) is 80.7 Å². The van der Waals surface area contributed by atoms with Gasteiger partial charge >= 0.3 is 0 Å². The highest BCUT2D eigenvalue weighted by Crippen LogP contribution is 2.50. The molecular formula is C25H34N2O. The largest absolute Gasteiger partial charge is 0.380 e. The maximum atomic E-state index is 12.3. The standard InChI is InChI=1S/C25H34N2O/c1-18(2)19-9-11-21(12-10-19)25(28,24(3)16-27(4)17-24)22-13-14-26-23(15-22)20-7-5-6-8-20/h9-15,18,20,28H,5-8,16-17H2,1-4H3. The van der Waals surface area contributed by atoms with E-state index in [1.807, 2.05) is 12.3 Å². The summed E-state index contributed by atoms with van der Waals surface area (Å²) in [4.78, 5) is 6.97. The van der Waals surface area contributed by atoms with E-state index in [9.17, 15) is 5.11 Å². The van der Waals surface area contributed by atoms with Crippen LogP contribution in [-0.2, 0) is 5.60 Å². The number of benzene rings is 1. The fraction of sp³-hybridized carbons (Fsp3) is 0.560. The summed E-state index contributed by atoms with van der Waals surface area (Å²) in [6, 6.07) is 12.8. The highest BCUT2D eigenvalue weighted by Gasteiger charge is 2.55. The number of likely N-dealkylation sites (tertiary alicyclic amines) is 1. The summed E-state index contributed by atoms with van der Waals surface area (Å²) in [5.74, 6) is 1.03. The minimum atomic E-state index is -1.01. The first-order chi connectivity index (χ1) is 13.3. The predicted octanol–water partition coefficient (Wildman–Crippen LogP) is 5.05. The van der Waals surface area contributed by atoms with E-state index >= 15 is 0 Å². The van der Waals surface area contributed by atoms with Crippen LogP contribution in [0.25, 0.3) is 0 Å². The molecule has 0 amide bonds. The number of aliphatic hydroxyl groups is 1. The number of hydrogen-bond acceptors (Lipinski definition) is 3. The zero-order valence-corrected chi connectivity index (χ0v) is 17.8. The second-order valence-electron chi connectivity index (χ2n) is 9.67. The van der Waals surface area contributed by atoms with E-state index in [2.05, 4.69) is 68.0 Å². The number of rotatable bonds is 5. The van der Waals surface area contributed by atoms with Crippen LogP contribution in [0.5, 0.6) is 0 Å². The van der Waals surface area contributed by atoms with Gasteiger partial charge in [-0.2, -0.15) is 0 Å². The lowest BCUT2D eigenvalue weighted by Gasteiger charge is -2.56. The van der Waals surface area contributed by atoms with Gasteiger partial charge in [-0.15, -0.1) is 0 Å². The Labute approximate surface area is 169 Å². The Bertz CT molecular complexity index is 817. The van der Waals surface area contributed by atoms with Crippen molar-refractivity contribution in [2.24, 2.45) is 5.41 Å². The van der Waals surface area contributed by atoms with Gasteiger partial charge in [-0.1, -0.05) is 57.9 Å². The van der Waals surface area contributed by atoms with Crippen molar-refractivity contribution in [1.82, 2.24) is 9.88 Å². The van der Waals surface area contributed by atoms with Crippen molar-refractivity contribution in [3.63, 3.8) is 0 Å². The van der Waals surface area contributed by atoms with Crippen molar-refractivity contribution in [3.05, 3.63) is 65.0 Å². The topological polar surface area (TPSA) is 36.4 Å². The first-order valence-electron chi connectivity index (χ1n) is 10.8. The molecule has 4 rings (SSSR count). The molecule has 150 valence electrons. The van der Waals surface area contributed by atoms with Gasteiger partial charge in [0, 0.05) is 36.3 Å². The van der Waals surface area contributed by atoms with Gasteiger partial charge in [0.1, 0.15) is 5.60 Å². The van der Waals surface area contributed by atoms with Gasteiger partial charge in [0.05, 0.1) is 0 Å². The van der Waals surface area contributed by atoms with Crippen molar-refractivity contribution >= 4 is 0 Å². The molecule has 2 aromatic rings. The zero-order chi connectivity index (χ0) is 19.9. The molecule has 1 aromatic heterocycles. The Morgan fingerprint density at radius 2 is 1.71 bits per heavy atom. The molecule has 28 heavy (non-hydrogen) atoms. The third kappa shape index (κ3) is 3.19. The molecule has 0 radical (unpaired) electrons. The molecule has 0 bridgehead atoms. The van der Waals surface area contributed by atoms with Gasteiger partial charge in [-0.05, 0) is 54.6 Å². The summed E-state index contributed by atoms with van der Waals surface area (Å²) in [5, 5.41) is 12.3. The molecule has 1 saturated heterocycles. The maximum absolute atomic E-state index is 12.3. The molecular weight excluding hydrogens is 344 g/mol. The van der Waals surface area contributed by atoms with Crippen LogP contribution in [0.15, 0.2) is 42.6 Å². The molecule has 1 aliphatic carbocycles. The maximum Gasteiger partial charge on any atom is 0.122 e. The number of nitrogens with zero attached hydrogens (tertiary/aromatic N) is 2. The fourth-order valence-corrected chi connectivity index (χ4v) is 5.47. The van der Waals surface area contributed by atoms with Crippen LogP contribution < -0.4 is 0 Å². The Morgan fingerprint density at radius 3 is 2.29 bits per heavy atom. The Kier molecular flexibility index (Phi) is 5.09. The van der Waals surface area contributed by atoms with Crippen LogP contribution >= 0.6 is 0 Å². The van der Waals surface area contributed by atoms with Gasteiger partial charge in [0.2, 0.25) is 0 Å². The molecule has 1 atom stereocenters. The van der Waals surface area contributed by atoms with Crippen LogP contribution in [0.3, 0.4) is 0 Å². The molecule has 1 N–H and O–H groups in total. The fourth-order valence-electron chi connectivity index (χ4n) is 5.47. The third-order valence-electron chi connectivity index (χ3n) is 7.08. The lowest BCUT2D eigenvalue weighted by molar-refractivity contribution is -0.127. The number of pyridine rings is 1. The molecule has 3 nitrogen and oxygen atoms in total. The van der Waals surface area contributed by atoms with Gasteiger partial charge < -0.3 is 10.0 Å². The van der Waals surface area contributed by atoms with Crippen LogP contribution in [0.2, 0.25) is 0 Å². The van der Waals surface area contributed by atoms with E-state index in [0.29, 0.717) is 11.8 Å². The first kappa shape index (κ1) is 19.6. The summed E-state index contributed by atoms with van der Waals surface area (Å²) in [6.07, 6.45) is 6.93. The first-order valence-corrected chi connectivity index (χ1v) is 10.8. The normalized spacial score (nSPS) is 22.2. The third-order valence-corrected chi connectivity index (χ3v) is 7.08. The van der Waals surface area contributed by atoms with Crippen LogP contribution in [0, 0.1) is 5.41 Å².